The summed E-state index contributed by atoms with van der Waals surface area (Å²) < 4.78 is 2.21. The van der Waals surface area contributed by atoms with Gasteiger partial charge in [-0.05, 0) is 37.2 Å². The molecule has 0 saturated heterocycles. The van der Waals surface area contributed by atoms with Gasteiger partial charge in [-0.1, -0.05) is 39.0 Å². The second-order valence-electron chi connectivity index (χ2n) is 7.02. The minimum absolute atomic E-state index is 0.294. The Morgan fingerprint density at radius 2 is 2.00 bits per heavy atom. The molecule has 0 spiro atoms. The predicted octanol–water partition coefficient (Wildman–Crippen LogP) is 3.69. The van der Waals surface area contributed by atoms with Crippen LogP contribution in [0.1, 0.15) is 70.0 Å². The molecule has 2 saturated carbocycles. The van der Waals surface area contributed by atoms with Crippen LogP contribution < -0.4 is 5.73 Å². The summed E-state index contributed by atoms with van der Waals surface area (Å²) in [6.07, 6.45) is 13.9. The lowest BCUT2D eigenvalue weighted by Gasteiger charge is -2.23. The van der Waals surface area contributed by atoms with Crippen LogP contribution in [0.4, 0.5) is 0 Å². The zero-order chi connectivity index (χ0) is 13.9. The third-order valence-corrected chi connectivity index (χ3v) is 5.53. The molecule has 3 atom stereocenters. The van der Waals surface area contributed by atoms with Crippen molar-refractivity contribution in [1.29, 1.82) is 0 Å². The van der Waals surface area contributed by atoms with Crippen LogP contribution >= 0.6 is 0 Å². The molecule has 3 nitrogen and oxygen atoms in total. The molecule has 0 amide bonds. The average Bonchev–Trinajstić information content (AvgIpc) is 3.09. The first kappa shape index (κ1) is 14.1. The third-order valence-electron chi connectivity index (χ3n) is 5.53. The maximum Gasteiger partial charge on any atom is 0.0640 e. The first-order valence-corrected chi connectivity index (χ1v) is 8.53. The molecule has 1 heterocycles. The van der Waals surface area contributed by atoms with Crippen molar-refractivity contribution in [1.82, 2.24) is 9.78 Å². The van der Waals surface area contributed by atoms with Crippen LogP contribution in [0.2, 0.25) is 0 Å². The molecule has 1 aromatic heterocycles. The highest BCUT2D eigenvalue weighted by atomic mass is 15.3. The highest BCUT2D eigenvalue weighted by Gasteiger charge is 2.29. The summed E-state index contributed by atoms with van der Waals surface area (Å²) in [4.78, 5) is 0. The van der Waals surface area contributed by atoms with Gasteiger partial charge in [0, 0.05) is 18.7 Å². The second kappa shape index (κ2) is 6.30. The number of hydrogen-bond donors (Lipinski definition) is 1. The van der Waals surface area contributed by atoms with Gasteiger partial charge in [0.1, 0.15) is 0 Å². The molecule has 2 aliphatic rings. The second-order valence-corrected chi connectivity index (χ2v) is 7.02. The molecule has 2 N–H and O–H groups in total. The van der Waals surface area contributed by atoms with Crippen molar-refractivity contribution in [3.8, 4) is 0 Å². The van der Waals surface area contributed by atoms with Crippen molar-refractivity contribution in [2.24, 2.45) is 17.6 Å². The number of rotatable bonds is 4. The summed E-state index contributed by atoms with van der Waals surface area (Å²) in [6.45, 7) is 2.36. The predicted molar refractivity (Wildman–Crippen MR) is 82.5 cm³/mol. The summed E-state index contributed by atoms with van der Waals surface area (Å²) in [5.41, 5.74) is 7.64. The fourth-order valence-corrected chi connectivity index (χ4v) is 4.24. The van der Waals surface area contributed by atoms with E-state index in [9.17, 15) is 0 Å². The Morgan fingerprint density at radius 3 is 2.70 bits per heavy atom. The zero-order valence-electron chi connectivity index (χ0n) is 12.8. The fraction of sp³-hybridized carbons (Fsp3) is 0.824. The third kappa shape index (κ3) is 3.08. The van der Waals surface area contributed by atoms with Gasteiger partial charge in [-0.2, -0.15) is 5.10 Å². The molecule has 0 aliphatic heterocycles. The van der Waals surface area contributed by atoms with E-state index in [2.05, 4.69) is 23.9 Å². The lowest BCUT2D eigenvalue weighted by atomic mass is 9.88. The van der Waals surface area contributed by atoms with Gasteiger partial charge in [0.15, 0.2) is 0 Å². The van der Waals surface area contributed by atoms with E-state index < -0.39 is 0 Å². The molecule has 3 unspecified atom stereocenters. The zero-order valence-corrected chi connectivity index (χ0v) is 12.8. The van der Waals surface area contributed by atoms with Gasteiger partial charge in [0.05, 0.1) is 11.7 Å². The molecule has 112 valence electrons. The maximum atomic E-state index is 6.44. The smallest absolute Gasteiger partial charge is 0.0640 e. The minimum atomic E-state index is 0.294. The average molecular weight is 275 g/mol. The highest BCUT2D eigenvalue weighted by Crippen LogP contribution is 2.34. The highest BCUT2D eigenvalue weighted by molar-refractivity contribution is 5.03. The normalized spacial score (nSPS) is 29.7. The molecule has 3 rings (SSSR count). The van der Waals surface area contributed by atoms with Crippen LogP contribution in [0, 0.1) is 11.8 Å². The largest absolute Gasteiger partial charge is 0.327 e. The van der Waals surface area contributed by atoms with Crippen molar-refractivity contribution in [2.45, 2.75) is 76.8 Å². The molecule has 1 aromatic rings. The molecular formula is C17H29N3. The SMILES string of the molecule is CC1CCCC1C(N)Cc1ccn(C2CCCCC2)n1. The Bertz CT molecular complexity index is 420. The Hall–Kier alpha value is -0.830. The molecule has 0 radical (unpaired) electrons. The van der Waals surface area contributed by atoms with Crippen molar-refractivity contribution in [3.63, 3.8) is 0 Å². The number of nitrogens with zero attached hydrogens (tertiary/aromatic N) is 2. The number of nitrogens with two attached hydrogens (primary N) is 1. The Morgan fingerprint density at radius 1 is 1.20 bits per heavy atom. The summed E-state index contributed by atoms with van der Waals surface area (Å²) in [5.74, 6) is 1.50. The van der Waals surface area contributed by atoms with Gasteiger partial charge in [-0.3, -0.25) is 4.68 Å². The molecule has 2 fully saturated rings. The number of hydrogen-bond acceptors (Lipinski definition) is 2. The minimum Gasteiger partial charge on any atom is -0.327 e. The monoisotopic (exact) mass is 275 g/mol. The first-order chi connectivity index (χ1) is 9.74. The van der Waals surface area contributed by atoms with E-state index in [0.717, 1.165) is 12.3 Å². The summed E-state index contributed by atoms with van der Waals surface area (Å²) in [6, 6.07) is 3.12. The lowest BCUT2D eigenvalue weighted by Crippen LogP contribution is -2.34. The Labute approximate surface area is 122 Å². The fourth-order valence-electron chi connectivity index (χ4n) is 4.24. The molecule has 2 aliphatic carbocycles. The van der Waals surface area contributed by atoms with Crippen LogP contribution in [0.15, 0.2) is 12.3 Å². The molecule has 0 aromatic carbocycles. The molecule has 20 heavy (non-hydrogen) atoms. The maximum absolute atomic E-state index is 6.44. The van der Waals surface area contributed by atoms with Crippen LogP contribution in [-0.4, -0.2) is 15.8 Å². The lowest BCUT2D eigenvalue weighted by molar-refractivity contribution is 0.322. The van der Waals surface area contributed by atoms with Gasteiger partial charge in [0.2, 0.25) is 0 Å². The van der Waals surface area contributed by atoms with Gasteiger partial charge in [-0.15, -0.1) is 0 Å². The van der Waals surface area contributed by atoms with E-state index >= 15 is 0 Å². The van der Waals surface area contributed by atoms with Crippen molar-refractivity contribution in [3.05, 3.63) is 18.0 Å². The van der Waals surface area contributed by atoms with Gasteiger partial charge in [-0.25, -0.2) is 0 Å². The summed E-state index contributed by atoms with van der Waals surface area (Å²) in [5, 5.41) is 4.81. The standard InChI is InChI=1S/C17H29N3/c1-13-6-5-9-16(13)17(18)12-14-10-11-20(19-14)15-7-3-2-4-8-15/h10-11,13,15-17H,2-9,12,18H2,1H3. The first-order valence-electron chi connectivity index (χ1n) is 8.53. The molecule has 3 heteroatoms. The summed E-state index contributed by atoms with van der Waals surface area (Å²) >= 11 is 0. The molecule has 0 bridgehead atoms. The van der Waals surface area contributed by atoms with Crippen molar-refractivity contribution < 1.29 is 0 Å². The summed E-state index contributed by atoms with van der Waals surface area (Å²) in [7, 11) is 0. The van der Waals surface area contributed by atoms with Gasteiger partial charge >= 0.3 is 0 Å². The van der Waals surface area contributed by atoms with Crippen LogP contribution in [0.5, 0.6) is 0 Å². The Balaban J connectivity index is 1.59. The molecular weight excluding hydrogens is 246 g/mol. The van der Waals surface area contributed by atoms with E-state index in [1.165, 1.54) is 57.1 Å². The van der Waals surface area contributed by atoms with Crippen molar-refractivity contribution in [2.75, 3.05) is 0 Å². The topological polar surface area (TPSA) is 43.8 Å². The van der Waals surface area contributed by atoms with E-state index in [1.54, 1.807) is 0 Å². The van der Waals surface area contributed by atoms with E-state index in [1.807, 2.05) is 0 Å². The number of aromatic nitrogens is 2. The van der Waals surface area contributed by atoms with E-state index in [0.29, 0.717) is 18.0 Å². The van der Waals surface area contributed by atoms with Gasteiger partial charge < -0.3 is 5.73 Å². The van der Waals surface area contributed by atoms with Crippen LogP contribution in [-0.2, 0) is 6.42 Å². The van der Waals surface area contributed by atoms with E-state index in [4.69, 9.17) is 10.8 Å². The Kier molecular flexibility index (Phi) is 4.45. The van der Waals surface area contributed by atoms with Crippen LogP contribution in [0.25, 0.3) is 0 Å². The van der Waals surface area contributed by atoms with E-state index in [-0.39, 0.29) is 0 Å². The van der Waals surface area contributed by atoms with Gasteiger partial charge in [0.25, 0.3) is 0 Å². The van der Waals surface area contributed by atoms with Crippen LogP contribution in [0.3, 0.4) is 0 Å². The van der Waals surface area contributed by atoms with Crippen molar-refractivity contribution >= 4 is 0 Å². The quantitative estimate of drug-likeness (QED) is 0.910.